The summed E-state index contributed by atoms with van der Waals surface area (Å²) in [6, 6.07) is 0. The highest BCUT2D eigenvalue weighted by atomic mass is 16.4. The molecule has 90 valence electrons. The van der Waals surface area contributed by atoms with Gasteiger partial charge in [-0.15, -0.1) is 0 Å². The van der Waals surface area contributed by atoms with Gasteiger partial charge < -0.3 is 21.0 Å². The predicted molar refractivity (Wildman–Crippen MR) is 58.4 cm³/mol. The zero-order valence-electron chi connectivity index (χ0n) is 8.95. The number of hydrogen-bond donors (Lipinski definition) is 4. The lowest BCUT2D eigenvalue weighted by atomic mass is 10.0. The van der Waals surface area contributed by atoms with E-state index in [4.69, 9.17) is 21.0 Å². The summed E-state index contributed by atoms with van der Waals surface area (Å²) >= 11 is 0. The Morgan fingerprint density at radius 3 is 1.19 bits per heavy atom. The van der Waals surface area contributed by atoms with Gasteiger partial charge in [0.05, 0.1) is 12.8 Å². The average Bonchev–Trinajstić information content (AvgIpc) is 2.20. The minimum atomic E-state index is -0.939. The Balaban J connectivity index is 3.63. The minimum Gasteiger partial charge on any atom is -0.481 e. The molecule has 0 unspecified atom stereocenters. The molecule has 0 bridgehead atoms. The van der Waals surface area contributed by atoms with E-state index in [0.29, 0.717) is 24.3 Å². The normalized spacial score (nSPS) is 9.75. The van der Waals surface area contributed by atoms with Crippen LogP contribution in [0.3, 0.4) is 0 Å². The van der Waals surface area contributed by atoms with Gasteiger partial charge in [0, 0.05) is 11.4 Å². The average molecular weight is 228 g/mol. The maximum absolute atomic E-state index is 10.2. The molecule has 4 N–H and O–H groups in total. The molecule has 0 fully saturated rings. The summed E-state index contributed by atoms with van der Waals surface area (Å²) < 4.78 is 0. The van der Waals surface area contributed by atoms with Crippen LogP contribution >= 0.6 is 0 Å². The molecule has 0 spiro atoms. The van der Waals surface area contributed by atoms with E-state index in [1.54, 1.807) is 0 Å². The molecule has 6 nitrogen and oxygen atoms in total. The van der Waals surface area contributed by atoms with Crippen molar-refractivity contribution in [3.63, 3.8) is 0 Å². The lowest BCUT2D eigenvalue weighted by molar-refractivity contribution is -0.137. The van der Waals surface area contributed by atoms with Gasteiger partial charge in [-0.25, -0.2) is 0 Å². The standard InChI is InChI=1S/C10H16N2O4/c11-7(3-5-9(13)14)1-2-8(12)4-6-10(15)16/h11-12H,1-6H2,(H,13,14)(H,15,16). The van der Waals surface area contributed by atoms with Crippen LogP contribution < -0.4 is 0 Å². The van der Waals surface area contributed by atoms with Gasteiger partial charge in [-0.05, 0) is 25.7 Å². The highest BCUT2D eigenvalue weighted by molar-refractivity contribution is 5.91. The van der Waals surface area contributed by atoms with Gasteiger partial charge in [0.25, 0.3) is 0 Å². The molecule has 0 aromatic carbocycles. The van der Waals surface area contributed by atoms with Gasteiger partial charge in [0.15, 0.2) is 0 Å². The number of hydrogen-bond acceptors (Lipinski definition) is 4. The molecule has 0 aliphatic heterocycles. The van der Waals surface area contributed by atoms with E-state index in [9.17, 15) is 9.59 Å². The van der Waals surface area contributed by atoms with Gasteiger partial charge in [-0.3, -0.25) is 9.59 Å². The first kappa shape index (κ1) is 14.3. The van der Waals surface area contributed by atoms with E-state index in [-0.39, 0.29) is 25.7 Å². The van der Waals surface area contributed by atoms with Crippen LogP contribution in [0.2, 0.25) is 0 Å². The number of carbonyl (C=O) groups is 2. The van der Waals surface area contributed by atoms with Crippen LogP contribution in [-0.4, -0.2) is 33.6 Å². The third kappa shape index (κ3) is 8.86. The Bertz CT molecular complexity index is 269. The van der Waals surface area contributed by atoms with Gasteiger partial charge in [-0.1, -0.05) is 0 Å². The van der Waals surface area contributed by atoms with Gasteiger partial charge in [0.1, 0.15) is 0 Å². The SMILES string of the molecule is N=C(CCC(=N)CCC(=O)O)CCC(=O)O. The third-order valence-electron chi connectivity index (χ3n) is 2.01. The molecular weight excluding hydrogens is 212 g/mol. The zero-order chi connectivity index (χ0) is 12.6. The second-order valence-corrected chi connectivity index (χ2v) is 3.49. The molecule has 0 aliphatic carbocycles. The number of aliphatic carboxylic acids is 2. The van der Waals surface area contributed by atoms with Crippen molar-refractivity contribution in [1.29, 1.82) is 10.8 Å². The Hall–Kier alpha value is -1.72. The van der Waals surface area contributed by atoms with Gasteiger partial charge in [-0.2, -0.15) is 0 Å². The maximum atomic E-state index is 10.2. The first-order valence-electron chi connectivity index (χ1n) is 4.98. The number of carboxylic acid groups (broad SMARTS) is 2. The van der Waals surface area contributed by atoms with Crippen molar-refractivity contribution in [2.24, 2.45) is 0 Å². The van der Waals surface area contributed by atoms with E-state index in [1.807, 2.05) is 0 Å². The molecule has 0 rings (SSSR count). The second kappa shape index (κ2) is 7.56. The fourth-order valence-electron chi connectivity index (χ4n) is 1.07. The third-order valence-corrected chi connectivity index (χ3v) is 2.01. The quantitative estimate of drug-likeness (QED) is 0.447. The van der Waals surface area contributed by atoms with Crippen molar-refractivity contribution in [1.82, 2.24) is 0 Å². The van der Waals surface area contributed by atoms with Crippen molar-refractivity contribution >= 4 is 23.4 Å². The summed E-state index contributed by atoms with van der Waals surface area (Å²) in [6.07, 6.45) is 0.934. The lowest BCUT2D eigenvalue weighted by Crippen LogP contribution is -2.07. The topological polar surface area (TPSA) is 122 Å². The van der Waals surface area contributed by atoms with Crippen LogP contribution in [0.25, 0.3) is 0 Å². The largest absolute Gasteiger partial charge is 0.481 e. The fraction of sp³-hybridized carbons (Fsp3) is 0.600. The first-order chi connectivity index (χ1) is 7.41. The monoisotopic (exact) mass is 228 g/mol. The summed E-state index contributed by atoms with van der Waals surface area (Å²) in [5.74, 6) is -1.88. The highest BCUT2D eigenvalue weighted by Gasteiger charge is 2.05. The Morgan fingerprint density at radius 2 is 0.938 bits per heavy atom. The molecule has 0 saturated heterocycles. The zero-order valence-corrected chi connectivity index (χ0v) is 8.95. The molecule has 0 heterocycles. The van der Waals surface area contributed by atoms with Crippen LogP contribution in [0.4, 0.5) is 0 Å². The molecule has 6 heteroatoms. The van der Waals surface area contributed by atoms with Gasteiger partial charge >= 0.3 is 11.9 Å². The second-order valence-electron chi connectivity index (χ2n) is 3.49. The van der Waals surface area contributed by atoms with Crippen LogP contribution in [0.15, 0.2) is 0 Å². The smallest absolute Gasteiger partial charge is 0.303 e. The van der Waals surface area contributed by atoms with E-state index < -0.39 is 11.9 Å². The number of carboxylic acids is 2. The first-order valence-corrected chi connectivity index (χ1v) is 4.98. The molecule has 0 radical (unpaired) electrons. The van der Waals surface area contributed by atoms with E-state index in [1.165, 1.54) is 0 Å². The molecule has 0 amide bonds. The lowest BCUT2D eigenvalue weighted by Gasteiger charge is -2.03. The van der Waals surface area contributed by atoms with Gasteiger partial charge in [0.2, 0.25) is 0 Å². The van der Waals surface area contributed by atoms with Crippen molar-refractivity contribution in [2.75, 3.05) is 0 Å². The van der Waals surface area contributed by atoms with Crippen molar-refractivity contribution in [3.8, 4) is 0 Å². The molecule has 0 saturated carbocycles. The molecule has 0 aliphatic rings. The summed E-state index contributed by atoms with van der Waals surface area (Å²) in [5, 5.41) is 31.6. The fourth-order valence-corrected chi connectivity index (χ4v) is 1.07. The van der Waals surface area contributed by atoms with E-state index in [0.717, 1.165) is 0 Å². The Kier molecular flexibility index (Phi) is 6.74. The Morgan fingerprint density at radius 1 is 0.688 bits per heavy atom. The van der Waals surface area contributed by atoms with Crippen LogP contribution in [0.1, 0.15) is 38.5 Å². The number of nitrogens with one attached hydrogen (secondary N) is 2. The number of rotatable bonds is 9. The minimum absolute atomic E-state index is 0.0682. The molecule has 0 aromatic rings. The van der Waals surface area contributed by atoms with Crippen molar-refractivity contribution in [3.05, 3.63) is 0 Å². The van der Waals surface area contributed by atoms with Crippen molar-refractivity contribution < 1.29 is 19.8 Å². The van der Waals surface area contributed by atoms with Crippen molar-refractivity contribution in [2.45, 2.75) is 38.5 Å². The molecule has 16 heavy (non-hydrogen) atoms. The van der Waals surface area contributed by atoms with E-state index >= 15 is 0 Å². The molecular formula is C10H16N2O4. The highest BCUT2D eigenvalue weighted by Crippen LogP contribution is 2.03. The molecule has 0 atom stereocenters. The van der Waals surface area contributed by atoms with Crippen LogP contribution in [0.5, 0.6) is 0 Å². The summed E-state index contributed by atoms with van der Waals surface area (Å²) in [6.45, 7) is 0. The summed E-state index contributed by atoms with van der Waals surface area (Å²) in [4.78, 5) is 20.4. The van der Waals surface area contributed by atoms with E-state index in [2.05, 4.69) is 0 Å². The summed E-state index contributed by atoms with van der Waals surface area (Å²) in [5.41, 5.74) is 0.588. The van der Waals surface area contributed by atoms with Crippen LogP contribution in [-0.2, 0) is 9.59 Å². The molecule has 0 aromatic heterocycles. The predicted octanol–water partition coefficient (Wildman–Crippen LogP) is 1.54. The van der Waals surface area contributed by atoms with Crippen LogP contribution in [0, 0.1) is 10.8 Å². The summed E-state index contributed by atoms with van der Waals surface area (Å²) in [7, 11) is 0. The maximum Gasteiger partial charge on any atom is 0.303 e. The Labute approximate surface area is 93.3 Å².